The van der Waals surface area contributed by atoms with E-state index >= 15 is 0 Å². The lowest BCUT2D eigenvalue weighted by Crippen LogP contribution is -2.31. The van der Waals surface area contributed by atoms with E-state index in [1.54, 1.807) is 0 Å². The number of para-hydroxylation sites is 1. The summed E-state index contributed by atoms with van der Waals surface area (Å²) in [5, 5.41) is 0. The predicted octanol–water partition coefficient (Wildman–Crippen LogP) is 3.81. The van der Waals surface area contributed by atoms with Gasteiger partial charge in [0.15, 0.2) is 6.29 Å². The minimum absolute atomic E-state index is 0.166. The molecule has 1 aromatic rings. The maximum absolute atomic E-state index is 12.0. The van der Waals surface area contributed by atoms with Gasteiger partial charge < -0.3 is 18.9 Å². The second kappa shape index (κ2) is 11.0. The van der Waals surface area contributed by atoms with Crippen LogP contribution in [0, 0.1) is 5.41 Å². The molecule has 1 rings (SSSR count). The number of benzene rings is 1. The van der Waals surface area contributed by atoms with Gasteiger partial charge in [0.25, 0.3) is 0 Å². The van der Waals surface area contributed by atoms with E-state index in [4.69, 9.17) is 18.9 Å². The van der Waals surface area contributed by atoms with Gasteiger partial charge in [0, 0.05) is 0 Å². The molecular weight excluding hydrogens is 308 g/mol. The lowest BCUT2D eigenvalue weighted by Gasteiger charge is -2.26. The Morgan fingerprint density at radius 2 is 1.75 bits per heavy atom. The molecule has 5 nitrogen and oxygen atoms in total. The Labute approximate surface area is 145 Å². The molecule has 0 saturated heterocycles. The van der Waals surface area contributed by atoms with Gasteiger partial charge in [0.2, 0.25) is 0 Å². The van der Waals surface area contributed by atoms with E-state index in [1.807, 2.05) is 58.0 Å². The standard InChI is InChI=1S/C19H30O5/c1-5-19(4,18(20)21-6-2)12-13-22-16(3)23-14-15-24-17-10-8-7-9-11-17/h7-11,16H,5-6,12-15H2,1-4H3. The number of ether oxygens (including phenoxy) is 4. The third kappa shape index (κ3) is 7.32. The summed E-state index contributed by atoms with van der Waals surface area (Å²) < 4.78 is 21.9. The summed E-state index contributed by atoms with van der Waals surface area (Å²) in [6, 6.07) is 9.60. The van der Waals surface area contributed by atoms with Crippen LogP contribution in [0.25, 0.3) is 0 Å². The highest BCUT2D eigenvalue weighted by molar-refractivity contribution is 5.76. The first kappa shape index (κ1) is 20.5. The number of rotatable bonds is 12. The normalized spacial score (nSPS) is 14.7. The van der Waals surface area contributed by atoms with Crippen LogP contribution in [0.2, 0.25) is 0 Å². The van der Waals surface area contributed by atoms with Gasteiger partial charge >= 0.3 is 5.97 Å². The highest BCUT2D eigenvalue weighted by atomic mass is 16.7. The van der Waals surface area contributed by atoms with Gasteiger partial charge in [-0.1, -0.05) is 25.1 Å². The van der Waals surface area contributed by atoms with Crippen molar-refractivity contribution in [3.05, 3.63) is 30.3 Å². The zero-order chi connectivity index (χ0) is 17.8. The van der Waals surface area contributed by atoms with E-state index in [-0.39, 0.29) is 12.3 Å². The summed E-state index contributed by atoms with van der Waals surface area (Å²) in [4.78, 5) is 12.0. The Morgan fingerprint density at radius 1 is 1.08 bits per heavy atom. The van der Waals surface area contributed by atoms with Crippen molar-refractivity contribution in [3.63, 3.8) is 0 Å². The quantitative estimate of drug-likeness (QED) is 0.329. The first-order chi connectivity index (χ1) is 11.5. The van der Waals surface area contributed by atoms with Crippen molar-refractivity contribution < 1.29 is 23.7 Å². The number of hydrogen-bond acceptors (Lipinski definition) is 5. The summed E-state index contributed by atoms with van der Waals surface area (Å²) in [6.07, 6.45) is 0.985. The van der Waals surface area contributed by atoms with Crippen LogP contribution in [0.5, 0.6) is 5.75 Å². The van der Waals surface area contributed by atoms with Crippen LogP contribution in [0.3, 0.4) is 0 Å². The smallest absolute Gasteiger partial charge is 0.311 e. The van der Waals surface area contributed by atoms with Crippen LogP contribution in [-0.2, 0) is 19.0 Å². The first-order valence-electron chi connectivity index (χ1n) is 8.60. The van der Waals surface area contributed by atoms with E-state index in [1.165, 1.54) is 0 Å². The van der Waals surface area contributed by atoms with E-state index in [9.17, 15) is 4.79 Å². The van der Waals surface area contributed by atoms with Crippen molar-refractivity contribution in [2.75, 3.05) is 26.4 Å². The minimum atomic E-state index is -0.508. The lowest BCUT2D eigenvalue weighted by atomic mass is 9.84. The average Bonchev–Trinajstić information content (AvgIpc) is 2.59. The maximum Gasteiger partial charge on any atom is 0.311 e. The topological polar surface area (TPSA) is 54.0 Å². The zero-order valence-electron chi connectivity index (χ0n) is 15.2. The van der Waals surface area contributed by atoms with Gasteiger partial charge in [-0.15, -0.1) is 0 Å². The SMILES string of the molecule is CCOC(=O)C(C)(CC)CCOC(C)OCCOc1ccccc1. The zero-order valence-corrected chi connectivity index (χ0v) is 15.2. The average molecular weight is 338 g/mol. The number of carbonyl (C=O) groups is 1. The molecule has 0 aliphatic heterocycles. The summed E-state index contributed by atoms with van der Waals surface area (Å²) >= 11 is 0. The molecule has 0 heterocycles. The third-order valence-electron chi connectivity index (χ3n) is 4.00. The predicted molar refractivity (Wildman–Crippen MR) is 93.0 cm³/mol. The fraction of sp³-hybridized carbons (Fsp3) is 0.632. The molecule has 0 aromatic heterocycles. The Hall–Kier alpha value is -1.59. The molecular formula is C19H30O5. The molecule has 0 saturated carbocycles. The number of hydrogen-bond donors (Lipinski definition) is 0. The molecule has 0 radical (unpaired) electrons. The van der Waals surface area contributed by atoms with Gasteiger partial charge in [-0.3, -0.25) is 4.79 Å². The Balaban J connectivity index is 2.18. The second-order valence-corrected chi connectivity index (χ2v) is 5.86. The van der Waals surface area contributed by atoms with Crippen LogP contribution in [-0.4, -0.2) is 38.7 Å². The molecule has 0 amide bonds. The summed E-state index contributed by atoms with van der Waals surface area (Å²) in [6.45, 7) is 9.31. The van der Waals surface area contributed by atoms with E-state index in [0.29, 0.717) is 32.8 Å². The second-order valence-electron chi connectivity index (χ2n) is 5.86. The summed E-state index contributed by atoms with van der Waals surface area (Å²) in [5.41, 5.74) is -0.508. The molecule has 0 N–H and O–H groups in total. The molecule has 5 heteroatoms. The minimum Gasteiger partial charge on any atom is -0.491 e. The molecule has 0 fully saturated rings. The molecule has 2 atom stereocenters. The van der Waals surface area contributed by atoms with Crippen LogP contribution < -0.4 is 4.74 Å². The third-order valence-corrected chi connectivity index (χ3v) is 4.00. The van der Waals surface area contributed by atoms with Crippen molar-refractivity contribution in [2.24, 2.45) is 5.41 Å². The molecule has 0 bridgehead atoms. The Bertz CT molecular complexity index is 462. The molecule has 0 spiro atoms. The van der Waals surface area contributed by atoms with E-state index in [0.717, 1.165) is 12.2 Å². The van der Waals surface area contributed by atoms with Gasteiger partial charge in [0.05, 0.1) is 25.2 Å². The molecule has 0 aliphatic rings. The highest BCUT2D eigenvalue weighted by Gasteiger charge is 2.32. The van der Waals surface area contributed by atoms with E-state index in [2.05, 4.69) is 0 Å². The largest absolute Gasteiger partial charge is 0.491 e. The van der Waals surface area contributed by atoms with Crippen LogP contribution in [0.1, 0.15) is 40.5 Å². The molecule has 0 aliphatic carbocycles. The molecule has 1 aromatic carbocycles. The van der Waals surface area contributed by atoms with Crippen LogP contribution >= 0.6 is 0 Å². The van der Waals surface area contributed by atoms with Crippen molar-refractivity contribution >= 4 is 5.97 Å². The van der Waals surface area contributed by atoms with Crippen molar-refractivity contribution in [1.82, 2.24) is 0 Å². The Kier molecular flexibility index (Phi) is 9.42. The fourth-order valence-electron chi connectivity index (χ4n) is 2.12. The van der Waals surface area contributed by atoms with Crippen LogP contribution in [0.4, 0.5) is 0 Å². The summed E-state index contributed by atoms with van der Waals surface area (Å²) in [7, 11) is 0. The monoisotopic (exact) mass is 338 g/mol. The van der Waals surface area contributed by atoms with Gasteiger partial charge in [-0.25, -0.2) is 0 Å². The highest BCUT2D eigenvalue weighted by Crippen LogP contribution is 2.27. The Morgan fingerprint density at radius 3 is 2.38 bits per heavy atom. The van der Waals surface area contributed by atoms with E-state index < -0.39 is 5.41 Å². The van der Waals surface area contributed by atoms with Crippen molar-refractivity contribution in [3.8, 4) is 5.75 Å². The van der Waals surface area contributed by atoms with Crippen molar-refractivity contribution in [1.29, 1.82) is 0 Å². The molecule has 24 heavy (non-hydrogen) atoms. The number of carbonyl (C=O) groups excluding carboxylic acids is 1. The first-order valence-corrected chi connectivity index (χ1v) is 8.60. The summed E-state index contributed by atoms with van der Waals surface area (Å²) in [5.74, 6) is 0.656. The molecule has 2 unspecified atom stereocenters. The van der Waals surface area contributed by atoms with Gasteiger partial charge in [-0.05, 0) is 45.7 Å². The molecule has 136 valence electrons. The van der Waals surface area contributed by atoms with Gasteiger partial charge in [0.1, 0.15) is 12.4 Å². The maximum atomic E-state index is 12.0. The number of esters is 1. The fourth-order valence-corrected chi connectivity index (χ4v) is 2.12. The van der Waals surface area contributed by atoms with Crippen LogP contribution in [0.15, 0.2) is 30.3 Å². The van der Waals surface area contributed by atoms with Gasteiger partial charge in [-0.2, -0.15) is 0 Å². The lowest BCUT2D eigenvalue weighted by molar-refractivity contribution is -0.161. The van der Waals surface area contributed by atoms with Crippen molar-refractivity contribution in [2.45, 2.75) is 46.8 Å².